The number of carbonyl (C=O) groups excluding carboxylic acids is 1. The van der Waals surface area contributed by atoms with Crippen LogP contribution in [-0.4, -0.2) is 68.8 Å². The van der Waals surface area contributed by atoms with Gasteiger partial charge in [0.25, 0.3) is 0 Å². The molecule has 1 heterocycles. The maximum absolute atomic E-state index is 12.6. The Morgan fingerprint density at radius 3 is 2.45 bits per heavy atom. The Morgan fingerprint density at radius 2 is 1.74 bits per heavy atom. The van der Waals surface area contributed by atoms with Crippen LogP contribution in [0.2, 0.25) is 0 Å². The minimum atomic E-state index is 0.0328. The van der Waals surface area contributed by atoms with Crippen LogP contribution in [-0.2, 0) is 4.79 Å². The number of amides is 1. The van der Waals surface area contributed by atoms with Crippen molar-refractivity contribution < 1.29 is 19.0 Å². The number of nitrogens with zero attached hydrogens (tertiary/aromatic N) is 2. The molecule has 3 rings (SSSR count). The molecule has 1 fully saturated rings. The zero-order chi connectivity index (χ0) is 21.9. The van der Waals surface area contributed by atoms with E-state index in [4.69, 9.17) is 14.2 Å². The minimum Gasteiger partial charge on any atom is -0.493 e. The zero-order valence-corrected chi connectivity index (χ0v) is 18.5. The summed E-state index contributed by atoms with van der Waals surface area (Å²) in [6, 6.07) is 15.5. The van der Waals surface area contributed by atoms with Crippen LogP contribution in [0.5, 0.6) is 17.2 Å². The fourth-order valence-electron chi connectivity index (χ4n) is 3.39. The predicted molar refractivity (Wildman–Crippen MR) is 123 cm³/mol. The van der Waals surface area contributed by atoms with Crippen LogP contribution in [0.4, 0.5) is 0 Å². The molecule has 0 spiro atoms. The highest BCUT2D eigenvalue weighted by molar-refractivity contribution is 5.92. The Hall–Kier alpha value is -2.99. The van der Waals surface area contributed by atoms with Gasteiger partial charge in [0.05, 0.1) is 13.7 Å². The Balaban J connectivity index is 1.43. The first-order valence-corrected chi connectivity index (χ1v) is 10.9. The molecule has 0 aliphatic carbocycles. The lowest BCUT2D eigenvalue weighted by atomic mass is 10.2. The van der Waals surface area contributed by atoms with E-state index in [1.165, 1.54) is 0 Å². The highest BCUT2D eigenvalue weighted by Gasteiger charge is 2.19. The molecule has 0 saturated carbocycles. The lowest BCUT2D eigenvalue weighted by Crippen LogP contribution is -2.49. The van der Waals surface area contributed by atoms with Gasteiger partial charge in [-0.05, 0) is 42.3 Å². The summed E-state index contributed by atoms with van der Waals surface area (Å²) in [7, 11) is 1.62. The van der Waals surface area contributed by atoms with Crippen LogP contribution >= 0.6 is 0 Å². The molecule has 1 amide bonds. The SMILES string of the molecule is CCCOc1ccc(/C=C/C(=O)N2CCN(CCOc3ccccc3)CC2)cc1OC. The quantitative estimate of drug-likeness (QED) is 0.544. The van der Waals surface area contributed by atoms with Crippen molar-refractivity contribution >= 4 is 12.0 Å². The summed E-state index contributed by atoms with van der Waals surface area (Å²) in [4.78, 5) is 16.8. The summed E-state index contributed by atoms with van der Waals surface area (Å²) < 4.78 is 16.9. The smallest absolute Gasteiger partial charge is 0.246 e. The summed E-state index contributed by atoms with van der Waals surface area (Å²) in [5.74, 6) is 2.32. The largest absolute Gasteiger partial charge is 0.493 e. The normalized spacial score (nSPS) is 14.6. The monoisotopic (exact) mass is 424 g/mol. The van der Waals surface area contributed by atoms with Gasteiger partial charge in [-0.1, -0.05) is 31.2 Å². The van der Waals surface area contributed by atoms with Gasteiger partial charge in [0, 0.05) is 38.8 Å². The average Bonchev–Trinajstić information content (AvgIpc) is 2.82. The van der Waals surface area contributed by atoms with E-state index >= 15 is 0 Å². The summed E-state index contributed by atoms with van der Waals surface area (Å²) in [6.07, 6.45) is 4.40. The van der Waals surface area contributed by atoms with Crippen LogP contribution in [0.25, 0.3) is 6.08 Å². The molecular weight excluding hydrogens is 392 g/mol. The number of carbonyl (C=O) groups is 1. The van der Waals surface area contributed by atoms with Crippen LogP contribution in [0, 0.1) is 0 Å². The molecule has 0 radical (unpaired) electrons. The topological polar surface area (TPSA) is 51.2 Å². The van der Waals surface area contributed by atoms with Gasteiger partial charge < -0.3 is 19.1 Å². The number of para-hydroxylation sites is 1. The van der Waals surface area contributed by atoms with Crippen molar-refractivity contribution in [2.75, 3.05) is 53.0 Å². The summed E-state index contributed by atoms with van der Waals surface area (Å²) in [5.41, 5.74) is 0.908. The van der Waals surface area contributed by atoms with Crippen molar-refractivity contribution in [3.05, 3.63) is 60.2 Å². The first-order chi connectivity index (χ1) is 15.2. The molecule has 0 atom stereocenters. The Labute approximate surface area is 185 Å². The van der Waals surface area contributed by atoms with Crippen molar-refractivity contribution in [3.8, 4) is 17.2 Å². The first-order valence-electron chi connectivity index (χ1n) is 10.9. The molecule has 0 unspecified atom stereocenters. The molecule has 2 aromatic carbocycles. The Kier molecular flexibility index (Phi) is 8.79. The van der Waals surface area contributed by atoms with Crippen molar-refractivity contribution in [2.24, 2.45) is 0 Å². The van der Waals surface area contributed by atoms with Gasteiger partial charge in [0.15, 0.2) is 11.5 Å². The lowest BCUT2D eigenvalue weighted by Gasteiger charge is -2.34. The fourth-order valence-corrected chi connectivity index (χ4v) is 3.39. The lowest BCUT2D eigenvalue weighted by molar-refractivity contribution is -0.127. The van der Waals surface area contributed by atoms with Crippen LogP contribution in [0.3, 0.4) is 0 Å². The summed E-state index contributed by atoms with van der Waals surface area (Å²) in [5, 5.41) is 0. The minimum absolute atomic E-state index is 0.0328. The number of hydrogen-bond acceptors (Lipinski definition) is 5. The van der Waals surface area contributed by atoms with Crippen LogP contribution in [0.15, 0.2) is 54.6 Å². The van der Waals surface area contributed by atoms with Crippen molar-refractivity contribution in [2.45, 2.75) is 13.3 Å². The molecule has 31 heavy (non-hydrogen) atoms. The highest BCUT2D eigenvalue weighted by atomic mass is 16.5. The molecule has 6 nitrogen and oxygen atoms in total. The van der Waals surface area contributed by atoms with E-state index in [1.807, 2.05) is 59.5 Å². The second-order valence-corrected chi connectivity index (χ2v) is 7.42. The van der Waals surface area contributed by atoms with E-state index in [2.05, 4.69) is 11.8 Å². The average molecular weight is 425 g/mol. The molecule has 0 N–H and O–H groups in total. The van der Waals surface area contributed by atoms with Crippen molar-refractivity contribution in [3.63, 3.8) is 0 Å². The third kappa shape index (κ3) is 7.03. The molecule has 2 aromatic rings. The molecule has 1 aliphatic heterocycles. The molecule has 0 aromatic heterocycles. The number of rotatable bonds is 10. The van der Waals surface area contributed by atoms with Gasteiger partial charge in [-0.15, -0.1) is 0 Å². The third-order valence-electron chi connectivity index (χ3n) is 5.17. The van der Waals surface area contributed by atoms with Gasteiger partial charge >= 0.3 is 0 Å². The van der Waals surface area contributed by atoms with Gasteiger partial charge in [0.2, 0.25) is 5.91 Å². The molecule has 0 bridgehead atoms. The number of methoxy groups -OCH3 is 1. The zero-order valence-electron chi connectivity index (χ0n) is 18.5. The molecule has 1 saturated heterocycles. The standard InChI is InChI=1S/C25H32N2O4/c1-3-18-31-23-11-9-21(20-24(23)29-2)10-12-25(28)27-15-13-26(14-16-27)17-19-30-22-7-5-4-6-8-22/h4-12,20H,3,13-19H2,1-2H3/b12-10+. The summed E-state index contributed by atoms with van der Waals surface area (Å²) in [6.45, 7) is 7.38. The first kappa shape index (κ1) is 22.7. The number of benzene rings is 2. The van der Waals surface area contributed by atoms with Gasteiger partial charge in [0.1, 0.15) is 12.4 Å². The van der Waals surface area contributed by atoms with E-state index in [-0.39, 0.29) is 5.91 Å². The van der Waals surface area contributed by atoms with Crippen LogP contribution in [0.1, 0.15) is 18.9 Å². The predicted octanol–water partition coefficient (Wildman–Crippen LogP) is 3.72. The molecule has 6 heteroatoms. The van der Waals surface area contributed by atoms with E-state index in [0.717, 1.165) is 56.2 Å². The second kappa shape index (κ2) is 12.0. The molecular formula is C25H32N2O4. The van der Waals surface area contributed by atoms with Gasteiger partial charge in [-0.25, -0.2) is 0 Å². The number of piperazine rings is 1. The molecule has 1 aliphatic rings. The van der Waals surface area contributed by atoms with Crippen molar-refractivity contribution in [1.29, 1.82) is 0 Å². The van der Waals surface area contributed by atoms with E-state index in [9.17, 15) is 4.79 Å². The number of hydrogen-bond donors (Lipinski definition) is 0. The highest BCUT2D eigenvalue weighted by Crippen LogP contribution is 2.28. The van der Waals surface area contributed by atoms with Gasteiger partial charge in [-0.3, -0.25) is 9.69 Å². The van der Waals surface area contributed by atoms with Gasteiger partial charge in [-0.2, -0.15) is 0 Å². The van der Waals surface area contributed by atoms with Crippen LogP contribution < -0.4 is 14.2 Å². The maximum Gasteiger partial charge on any atom is 0.246 e. The number of ether oxygens (including phenoxy) is 3. The van der Waals surface area contributed by atoms with E-state index in [0.29, 0.717) is 19.0 Å². The van der Waals surface area contributed by atoms with E-state index in [1.54, 1.807) is 13.2 Å². The van der Waals surface area contributed by atoms with Crippen molar-refractivity contribution in [1.82, 2.24) is 9.80 Å². The maximum atomic E-state index is 12.6. The second-order valence-electron chi connectivity index (χ2n) is 7.42. The molecule has 166 valence electrons. The Bertz CT molecular complexity index is 846. The summed E-state index contributed by atoms with van der Waals surface area (Å²) >= 11 is 0. The fraction of sp³-hybridized carbons (Fsp3) is 0.400. The van der Waals surface area contributed by atoms with E-state index < -0.39 is 0 Å². The third-order valence-corrected chi connectivity index (χ3v) is 5.17. The Morgan fingerprint density at radius 1 is 0.968 bits per heavy atom.